The third-order valence-corrected chi connectivity index (χ3v) is 8.95. The molecule has 4 unspecified atom stereocenters. The van der Waals surface area contributed by atoms with Crippen LogP contribution in [0, 0.1) is 40.9 Å². The van der Waals surface area contributed by atoms with Crippen LogP contribution in [0.3, 0.4) is 0 Å². The standard InChI is InChI=1S/C22H36.H2O/c1-4-17-8-11-21-20-10-7-16-14-15(3)6-9-18(16)19(20)12-13-22(17,21)5-2;/h16-21H,3-14H2,1-2H3;1H2/t16-,17?,18-,19?,20?,21?,22+;/m0./s1. The maximum absolute atomic E-state index is 4.31. The summed E-state index contributed by atoms with van der Waals surface area (Å²) in [4.78, 5) is 0. The van der Waals surface area contributed by atoms with Crippen LogP contribution >= 0.6 is 0 Å². The minimum Gasteiger partial charge on any atom is -0.412 e. The molecule has 0 bridgehead atoms. The second-order valence-electron chi connectivity index (χ2n) is 9.24. The van der Waals surface area contributed by atoms with Crippen LogP contribution in [0.1, 0.15) is 84.5 Å². The zero-order valence-corrected chi connectivity index (χ0v) is 15.4. The second kappa shape index (κ2) is 6.54. The number of rotatable bonds is 2. The lowest BCUT2D eigenvalue weighted by Crippen LogP contribution is -2.48. The van der Waals surface area contributed by atoms with Crippen molar-refractivity contribution >= 4 is 0 Å². The van der Waals surface area contributed by atoms with Gasteiger partial charge in [0.05, 0.1) is 0 Å². The molecule has 0 aromatic carbocycles. The molecule has 0 amide bonds. The van der Waals surface area contributed by atoms with Crippen molar-refractivity contribution in [2.75, 3.05) is 0 Å². The SMILES string of the molecule is C=C1CC[C@@H]2C3CC[C@]4(CC)C(CC)CCC4C3CC[C@H]2C1.O. The average molecular weight is 319 g/mol. The van der Waals surface area contributed by atoms with E-state index < -0.39 is 0 Å². The largest absolute Gasteiger partial charge is 0.412 e. The molecule has 4 aliphatic carbocycles. The van der Waals surface area contributed by atoms with Crippen LogP contribution in [0.25, 0.3) is 0 Å². The van der Waals surface area contributed by atoms with E-state index in [1.54, 1.807) is 37.7 Å². The molecular weight excluding hydrogens is 280 g/mol. The Labute approximate surface area is 143 Å². The maximum Gasteiger partial charge on any atom is -0.0241 e. The van der Waals surface area contributed by atoms with Gasteiger partial charge in [-0.1, -0.05) is 32.4 Å². The molecule has 4 fully saturated rings. The Morgan fingerprint density at radius 1 is 0.957 bits per heavy atom. The molecule has 0 heterocycles. The molecule has 2 N–H and O–H groups in total. The van der Waals surface area contributed by atoms with Crippen molar-refractivity contribution < 1.29 is 5.48 Å². The lowest BCUT2D eigenvalue weighted by Gasteiger charge is -2.57. The van der Waals surface area contributed by atoms with Crippen molar-refractivity contribution in [3.05, 3.63) is 12.2 Å². The van der Waals surface area contributed by atoms with Gasteiger partial charge in [0.1, 0.15) is 0 Å². The molecule has 0 saturated heterocycles. The monoisotopic (exact) mass is 318 g/mol. The van der Waals surface area contributed by atoms with Crippen molar-refractivity contribution in [3.63, 3.8) is 0 Å². The molecule has 4 aliphatic rings. The van der Waals surface area contributed by atoms with Crippen molar-refractivity contribution in [1.29, 1.82) is 0 Å². The first kappa shape index (κ1) is 17.5. The molecule has 132 valence electrons. The Morgan fingerprint density at radius 3 is 2.52 bits per heavy atom. The quantitative estimate of drug-likeness (QED) is 0.577. The van der Waals surface area contributed by atoms with E-state index in [9.17, 15) is 0 Å². The third kappa shape index (κ3) is 2.53. The van der Waals surface area contributed by atoms with Crippen LogP contribution < -0.4 is 0 Å². The van der Waals surface area contributed by atoms with Gasteiger partial charge in [0, 0.05) is 0 Å². The topological polar surface area (TPSA) is 31.5 Å². The normalized spacial score (nSPS) is 48.9. The third-order valence-electron chi connectivity index (χ3n) is 8.95. The molecule has 4 rings (SSSR count). The number of hydrogen-bond donors (Lipinski definition) is 0. The first-order valence-corrected chi connectivity index (χ1v) is 10.4. The summed E-state index contributed by atoms with van der Waals surface area (Å²) < 4.78 is 0. The van der Waals surface area contributed by atoms with Gasteiger partial charge in [-0.05, 0) is 105 Å². The number of allylic oxidation sites excluding steroid dienone is 1. The number of fused-ring (bicyclic) bond motifs is 5. The second-order valence-corrected chi connectivity index (χ2v) is 9.24. The van der Waals surface area contributed by atoms with E-state index in [-0.39, 0.29) is 5.48 Å². The van der Waals surface area contributed by atoms with Gasteiger partial charge in [0.25, 0.3) is 0 Å². The summed E-state index contributed by atoms with van der Waals surface area (Å²) in [5.41, 5.74) is 2.31. The van der Waals surface area contributed by atoms with Crippen LogP contribution in [0.15, 0.2) is 12.2 Å². The summed E-state index contributed by atoms with van der Waals surface area (Å²) in [6, 6.07) is 0. The molecule has 0 aromatic rings. The Kier molecular flexibility index (Phi) is 4.98. The molecule has 1 heteroatoms. The van der Waals surface area contributed by atoms with Crippen LogP contribution in [0.4, 0.5) is 0 Å². The zero-order chi connectivity index (χ0) is 15.3. The Morgan fingerprint density at radius 2 is 1.78 bits per heavy atom. The van der Waals surface area contributed by atoms with Crippen molar-refractivity contribution in [2.24, 2.45) is 40.9 Å². The Balaban J connectivity index is 0.00000156. The molecular formula is C22H38O. The van der Waals surface area contributed by atoms with Gasteiger partial charge in [0.15, 0.2) is 0 Å². The highest BCUT2D eigenvalue weighted by Crippen LogP contribution is 2.66. The summed E-state index contributed by atoms with van der Waals surface area (Å²) >= 11 is 0. The van der Waals surface area contributed by atoms with Gasteiger partial charge in [-0.25, -0.2) is 0 Å². The van der Waals surface area contributed by atoms with E-state index in [1.165, 1.54) is 38.5 Å². The van der Waals surface area contributed by atoms with Crippen LogP contribution in [0.5, 0.6) is 0 Å². The van der Waals surface area contributed by atoms with E-state index in [2.05, 4.69) is 20.4 Å². The van der Waals surface area contributed by atoms with Gasteiger partial charge >= 0.3 is 0 Å². The lowest BCUT2D eigenvalue weighted by atomic mass is 9.48. The van der Waals surface area contributed by atoms with E-state index >= 15 is 0 Å². The fraction of sp³-hybridized carbons (Fsp3) is 0.909. The first-order valence-electron chi connectivity index (χ1n) is 10.4. The summed E-state index contributed by atoms with van der Waals surface area (Å²) in [6.07, 6.45) is 16.4. The van der Waals surface area contributed by atoms with E-state index in [1.807, 2.05) is 0 Å². The Bertz CT molecular complexity index is 441. The highest BCUT2D eigenvalue weighted by molar-refractivity contribution is 5.10. The summed E-state index contributed by atoms with van der Waals surface area (Å²) in [5, 5.41) is 0. The van der Waals surface area contributed by atoms with Crippen LogP contribution in [0.2, 0.25) is 0 Å². The molecule has 0 aliphatic heterocycles. The van der Waals surface area contributed by atoms with E-state index in [0.717, 1.165) is 40.9 Å². The van der Waals surface area contributed by atoms with Crippen molar-refractivity contribution in [1.82, 2.24) is 0 Å². The fourth-order valence-electron chi connectivity index (χ4n) is 8.04. The summed E-state index contributed by atoms with van der Waals surface area (Å²) in [7, 11) is 0. The van der Waals surface area contributed by atoms with E-state index in [4.69, 9.17) is 0 Å². The number of hydrogen-bond acceptors (Lipinski definition) is 0. The summed E-state index contributed by atoms with van der Waals surface area (Å²) in [6.45, 7) is 9.28. The van der Waals surface area contributed by atoms with Gasteiger partial charge in [-0.2, -0.15) is 0 Å². The van der Waals surface area contributed by atoms with Gasteiger partial charge in [-0.15, -0.1) is 0 Å². The van der Waals surface area contributed by atoms with Gasteiger partial charge in [0.2, 0.25) is 0 Å². The predicted octanol–water partition coefficient (Wildman–Crippen LogP) is 5.79. The predicted molar refractivity (Wildman–Crippen MR) is 98.3 cm³/mol. The molecule has 1 nitrogen and oxygen atoms in total. The van der Waals surface area contributed by atoms with Crippen molar-refractivity contribution in [2.45, 2.75) is 84.5 Å². The molecule has 0 radical (unpaired) electrons. The van der Waals surface area contributed by atoms with Crippen molar-refractivity contribution in [3.8, 4) is 0 Å². The maximum atomic E-state index is 4.31. The van der Waals surface area contributed by atoms with Gasteiger partial charge in [-0.3, -0.25) is 0 Å². The zero-order valence-electron chi connectivity index (χ0n) is 15.4. The highest BCUT2D eigenvalue weighted by Gasteiger charge is 2.57. The van der Waals surface area contributed by atoms with Gasteiger partial charge < -0.3 is 5.48 Å². The molecule has 23 heavy (non-hydrogen) atoms. The van der Waals surface area contributed by atoms with E-state index in [0.29, 0.717) is 0 Å². The average Bonchev–Trinajstić information content (AvgIpc) is 2.93. The Hall–Kier alpha value is -0.300. The molecule has 7 atom stereocenters. The molecule has 0 spiro atoms. The molecule has 0 aromatic heterocycles. The minimum absolute atomic E-state index is 0. The summed E-state index contributed by atoms with van der Waals surface area (Å²) in [5.74, 6) is 6.41. The smallest absolute Gasteiger partial charge is 0.0241 e. The molecule has 4 saturated carbocycles. The minimum atomic E-state index is 0. The van der Waals surface area contributed by atoms with Crippen LogP contribution in [-0.4, -0.2) is 5.48 Å². The highest BCUT2D eigenvalue weighted by atomic mass is 16.0. The lowest BCUT2D eigenvalue weighted by molar-refractivity contribution is -0.0681. The van der Waals surface area contributed by atoms with Crippen LogP contribution in [-0.2, 0) is 0 Å². The fourth-order valence-corrected chi connectivity index (χ4v) is 8.04. The first-order chi connectivity index (χ1) is 10.7.